The Morgan fingerprint density at radius 1 is 0.947 bits per heavy atom. The third kappa shape index (κ3) is 23.8. The van der Waals surface area contributed by atoms with Crippen molar-refractivity contribution in [1.29, 1.82) is 0 Å². The minimum atomic E-state index is -3.22. The van der Waals surface area contributed by atoms with Gasteiger partial charge in [-0.05, 0) is 60.3 Å². The summed E-state index contributed by atoms with van der Waals surface area (Å²) in [5.74, 6) is 0. The van der Waals surface area contributed by atoms with Crippen molar-refractivity contribution in [2.24, 2.45) is 0 Å². The molecule has 0 unspecified atom stereocenters. The molecular formula is C13H23Cl3NOP. The van der Waals surface area contributed by atoms with Gasteiger partial charge in [-0.2, -0.15) is 0 Å². The van der Waals surface area contributed by atoms with Crippen LogP contribution in [0.3, 0.4) is 0 Å². The van der Waals surface area contributed by atoms with E-state index in [2.05, 4.69) is 78.5 Å². The van der Waals surface area contributed by atoms with Crippen LogP contribution >= 0.6 is 38.9 Å². The lowest BCUT2D eigenvalue weighted by Gasteiger charge is -2.13. The van der Waals surface area contributed by atoms with E-state index in [-0.39, 0.29) is 0 Å². The molecule has 1 rings (SSSR count). The maximum Gasteiger partial charge on any atom is 0.339 e. The minimum absolute atomic E-state index is 1.19. The number of hydrogen-bond acceptors (Lipinski definition) is 2. The van der Waals surface area contributed by atoms with Crippen LogP contribution in [0.4, 0.5) is 0 Å². The molecule has 0 amide bonds. The van der Waals surface area contributed by atoms with Crippen LogP contribution in [0.1, 0.15) is 26.3 Å². The number of aryl methyl sites for hydroxylation is 1. The molecule has 6 heteroatoms. The minimum Gasteiger partial charge on any atom is -0.304 e. The maximum absolute atomic E-state index is 9.51. The van der Waals surface area contributed by atoms with Gasteiger partial charge in [-0.1, -0.05) is 56.7 Å². The molecule has 0 aliphatic heterocycles. The molecule has 1 aromatic rings. The van der Waals surface area contributed by atoms with Crippen LogP contribution < -0.4 is 0 Å². The summed E-state index contributed by atoms with van der Waals surface area (Å²) in [6.45, 7) is 12.2. The third-order valence-corrected chi connectivity index (χ3v) is 2.28. The zero-order valence-electron chi connectivity index (χ0n) is 11.9. The lowest BCUT2D eigenvalue weighted by atomic mass is 10.2. The van der Waals surface area contributed by atoms with Gasteiger partial charge in [0.15, 0.2) is 0 Å². The molecule has 0 saturated carbocycles. The third-order valence-electron chi connectivity index (χ3n) is 2.28. The molecule has 0 radical (unpaired) electrons. The van der Waals surface area contributed by atoms with Crippen molar-refractivity contribution >= 4 is 38.9 Å². The predicted molar refractivity (Wildman–Crippen MR) is 89.8 cm³/mol. The van der Waals surface area contributed by atoms with Gasteiger partial charge < -0.3 is 4.90 Å². The molecule has 19 heavy (non-hydrogen) atoms. The fraction of sp³-hybridized carbons (Fsp3) is 0.538. The summed E-state index contributed by atoms with van der Waals surface area (Å²) in [5, 5.41) is -3.22. The lowest BCUT2D eigenvalue weighted by Crippen LogP contribution is -2.21. The first-order chi connectivity index (χ1) is 8.74. The van der Waals surface area contributed by atoms with E-state index in [4.69, 9.17) is 0 Å². The molecule has 0 atom stereocenters. The molecule has 0 N–H and O–H groups in total. The number of benzene rings is 1. The van der Waals surface area contributed by atoms with Crippen LogP contribution in [0.5, 0.6) is 0 Å². The second kappa shape index (κ2) is 13.3. The Balaban J connectivity index is 0. The van der Waals surface area contributed by atoms with Crippen LogP contribution in [0.15, 0.2) is 30.3 Å². The molecule has 0 spiro atoms. The molecule has 0 heterocycles. The van der Waals surface area contributed by atoms with Gasteiger partial charge in [-0.3, -0.25) is 4.57 Å². The Labute approximate surface area is 131 Å². The molecule has 2 nitrogen and oxygen atoms in total. The second-order valence-corrected chi connectivity index (χ2v) is 10.3. The Morgan fingerprint density at radius 3 is 1.37 bits per heavy atom. The normalized spacial score (nSPS) is 10.1. The van der Waals surface area contributed by atoms with Gasteiger partial charge >= 0.3 is 5.20 Å². The zero-order chi connectivity index (χ0) is 15.3. The second-order valence-electron chi connectivity index (χ2n) is 3.67. The van der Waals surface area contributed by atoms with Crippen molar-refractivity contribution < 1.29 is 4.57 Å². The monoisotopic (exact) mass is 345 g/mol. The van der Waals surface area contributed by atoms with Crippen molar-refractivity contribution in [3.8, 4) is 0 Å². The van der Waals surface area contributed by atoms with Crippen LogP contribution in [-0.4, -0.2) is 24.5 Å². The Kier molecular flexibility index (Phi) is 15.1. The first kappa shape index (κ1) is 21.6. The summed E-state index contributed by atoms with van der Waals surface area (Å²) in [6.07, 6.45) is 0. The number of rotatable bonds is 3. The van der Waals surface area contributed by atoms with E-state index < -0.39 is 5.20 Å². The van der Waals surface area contributed by atoms with E-state index in [1.807, 2.05) is 18.2 Å². The van der Waals surface area contributed by atoms with E-state index in [1.54, 1.807) is 0 Å². The van der Waals surface area contributed by atoms with E-state index in [1.165, 1.54) is 25.2 Å². The molecule has 1 aromatic carbocycles. The Morgan fingerprint density at radius 2 is 1.26 bits per heavy atom. The highest BCUT2D eigenvalue weighted by Crippen LogP contribution is 2.61. The van der Waals surface area contributed by atoms with Crippen molar-refractivity contribution in [2.45, 2.75) is 27.7 Å². The highest BCUT2D eigenvalue weighted by molar-refractivity contribution is 8.24. The van der Waals surface area contributed by atoms with Gasteiger partial charge in [0.05, 0.1) is 0 Å². The zero-order valence-corrected chi connectivity index (χ0v) is 15.1. The quantitative estimate of drug-likeness (QED) is 0.611. The summed E-state index contributed by atoms with van der Waals surface area (Å²) in [6, 6.07) is 10.3. The number of nitrogens with zero attached hydrogens (tertiary/aromatic N) is 1. The predicted octanol–water partition coefficient (Wildman–Crippen LogP) is 6.15. The highest BCUT2D eigenvalue weighted by Gasteiger charge is 2.02. The van der Waals surface area contributed by atoms with Crippen LogP contribution in [-0.2, 0) is 4.57 Å². The van der Waals surface area contributed by atoms with Gasteiger partial charge in [0.25, 0.3) is 0 Å². The fourth-order valence-corrected chi connectivity index (χ4v) is 1.21. The van der Waals surface area contributed by atoms with Crippen molar-refractivity contribution in [1.82, 2.24) is 4.90 Å². The molecule has 0 aliphatic carbocycles. The van der Waals surface area contributed by atoms with Gasteiger partial charge in [0.2, 0.25) is 0 Å². The van der Waals surface area contributed by atoms with Crippen molar-refractivity contribution in [3.05, 3.63) is 35.9 Å². The van der Waals surface area contributed by atoms with E-state index in [0.29, 0.717) is 0 Å². The molecule has 0 aromatic heterocycles. The SMILES string of the molecule is CCN(CC)CC.Cc1ccccc1.O=P(Cl)(Cl)Cl. The summed E-state index contributed by atoms with van der Waals surface area (Å²) >= 11 is 13.8. The molecule has 0 saturated heterocycles. The molecule has 112 valence electrons. The van der Waals surface area contributed by atoms with Gasteiger partial charge in [-0.15, -0.1) is 0 Å². The smallest absolute Gasteiger partial charge is 0.304 e. The summed E-state index contributed by atoms with van der Waals surface area (Å²) in [4.78, 5) is 2.38. The largest absolute Gasteiger partial charge is 0.339 e. The Bertz CT molecular complexity index is 325. The molecule has 0 bridgehead atoms. The molecule has 0 fully saturated rings. The van der Waals surface area contributed by atoms with Crippen LogP contribution in [0, 0.1) is 6.92 Å². The highest BCUT2D eigenvalue weighted by atomic mass is 36.0. The average molecular weight is 347 g/mol. The maximum atomic E-state index is 9.51. The molecule has 0 aliphatic rings. The summed E-state index contributed by atoms with van der Waals surface area (Å²) < 4.78 is 9.51. The molecular weight excluding hydrogens is 323 g/mol. The first-order valence-electron chi connectivity index (χ1n) is 6.17. The van der Waals surface area contributed by atoms with Crippen LogP contribution in [0.2, 0.25) is 0 Å². The average Bonchev–Trinajstić information content (AvgIpc) is 2.31. The Hall–Kier alpha value is 0.280. The van der Waals surface area contributed by atoms with Crippen LogP contribution in [0.25, 0.3) is 0 Å². The topological polar surface area (TPSA) is 20.3 Å². The van der Waals surface area contributed by atoms with Gasteiger partial charge in [-0.25, -0.2) is 0 Å². The van der Waals surface area contributed by atoms with Crippen molar-refractivity contribution in [3.63, 3.8) is 0 Å². The van der Waals surface area contributed by atoms with E-state index in [0.717, 1.165) is 0 Å². The lowest BCUT2D eigenvalue weighted by molar-refractivity contribution is 0.321. The van der Waals surface area contributed by atoms with Gasteiger partial charge in [0, 0.05) is 0 Å². The fourth-order valence-electron chi connectivity index (χ4n) is 1.21. The first-order valence-corrected chi connectivity index (χ1v) is 10.6. The van der Waals surface area contributed by atoms with Crippen molar-refractivity contribution in [2.75, 3.05) is 19.6 Å². The summed E-state index contributed by atoms with van der Waals surface area (Å²) in [5.41, 5.74) is 1.32. The number of halogens is 3. The standard InChI is InChI=1S/C7H8.C6H15N.Cl3OP/c1-7-5-3-2-4-6-7;1-4-7(5-2)6-3;1-5(2,3)4/h2-6H,1H3;4-6H2,1-3H3;. The van der Waals surface area contributed by atoms with E-state index >= 15 is 0 Å². The van der Waals surface area contributed by atoms with Gasteiger partial charge in [0.1, 0.15) is 0 Å². The van der Waals surface area contributed by atoms with E-state index in [9.17, 15) is 4.57 Å². The summed E-state index contributed by atoms with van der Waals surface area (Å²) in [7, 11) is 0. The number of hydrogen-bond donors (Lipinski definition) is 0.